The molecule has 0 aliphatic carbocycles. The summed E-state index contributed by atoms with van der Waals surface area (Å²) >= 11 is 0. The van der Waals surface area contributed by atoms with E-state index in [9.17, 15) is 9.59 Å². The molecule has 0 aliphatic rings. The summed E-state index contributed by atoms with van der Waals surface area (Å²) in [6.07, 6.45) is -0.385. The van der Waals surface area contributed by atoms with Crippen LogP contribution in [0.3, 0.4) is 0 Å². The van der Waals surface area contributed by atoms with Crippen molar-refractivity contribution < 1.29 is 19.4 Å². The number of hydrogen-bond donors (Lipinski definition) is 2. The topological polar surface area (TPSA) is 75.6 Å². The Hall–Kier alpha value is -1.88. The molecule has 0 heterocycles. The first-order valence-electron chi connectivity index (χ1n) is 5.70. The zero-order valence-electron chi connectivity index (χ0n) is 10.2. The van der Waals surface area contributed by atoms with Gasteiger partial charge in [-0.3, -0.25) is 4.79 Å². The number of amides is 1. The Kier molecular flexibility index (Phi) is 5.87. The van der Waals surface area contributed by atoms with E-state index in [-0.39, 0.29) is 19.1 Å². The minimum atomic E-state index is -1.02. The summed E-state index contributed by atoms with van der Waals surface area (Å²) in [5.74, 6) is -1.32. The van der Waals surface area contributed by atoms with Gasteiger partial charge < -0.3 is 15.2 Å². The molecule has 1 amide bonds. The second-order valence-corrected chi connectivity index (χ2v) is 4.06. The molecular weight excluding hydrogens is 234 g/mol. The van der Waals surface area contributed by atoms with Gasteiger partial charge in [-0.2, -0.15) is 0 Å². The number of ether oxygens (including phenoxy) is 1. The van der Waals surface area contributed by atoms with Crippen LogP contribution in [0.15, 0.2) is 30.3 Å². The van der Waals surface area contributed by atoms with E-state index >= 15 is 0 Å². The van der Waals surface area contributed by atoms with Gasteiger partial charge in [-0.05, 0) is 5.56 Å². The summed E-state index contributed by atoms with van der Waals surface area (Å²) in [7, 11) is 0. The number of carbonyl (C=O) groups is 2. The van der Waals surface area contributed by atoms with Crippen molar-refractivity contribution in [3.63, 3.8) is 0 Å². The molecule has 0 aliphatic heterocycles. The standard InChI is InChI=1S/C13H17NO4/c1-10(7-14-9-15)12(13(16)17)18-8-11-5-3-2-4-6-11/h2-6,9-10,12H,7-8H2,1H3,(H,14,15)(H,16,17). The summed E-state index contributed by atoms with van der Waals surface area (Å²) in [4.78, 5) is 21.3. The van der Waals surface area contributed by atoms with Crippen LogP contribution in [0.25, 0.3) is 0 Å². The van der Waals surface area contributed by atoms with Crippen molar-refractivity contribution in [1.82, 2.24) is 5.32 Å². The highest BCUT2D eigenvalue weighted by molar-refractivity contribution is 5.72. The van der Waals surface area contributed by atoms with Gasteiger partial charge >= 0.3 is 5.97 Å². The molecule has 18 heavy (non-hydrogen) atoms. The number of aliphatic carboxylic acids is 1. The van der Waals surface area contributed by atoms with Crippen molar-refractivity contribution in [2.45, 2.75) is 19.6 Å². The van der Waals surface area contributed by atoms with Crippen LogP contribution >= 0.6 is 0 Å². The van der Waals surface area contributed by atoms with Gasteiger partial charge in [0.15, 0.2) is 6.10 Å². The first-order chi connectivity index (χ1) is 8.65. The van der Waals surface area contributed by atoms with Gasteiger partial charge in [-0.25, -0.2) is 4.79 Å². The Morgan fingerprint density at radius 3 is 2.67 bits per heavy atom. The van der Waals surface area contributed by atoms with E-state index in [1.165, 1.54) is 0 Å². The average molecular weight is 251 g/mol. The fraction of sp³-hybridized carbons (Fsp3) is 0.385. The minimum absolute atomic E-state index is 0.239. The number of nitrogens with one attached hydrogen (secondary N) is 1. The van der Waals surface area contributed by atoms with E-state index in [1.54, 1.807) is 6.92 Å². The number of hydrogen-bond acceptors (Lipinski definition) is 3. The molecule has 0 bridgehead atoms. The average Bonchev–Trinajstić information content (AvgIpc) is 2.37. The quantitative estimate of drug-likeness (QED) is 0.677. The van der Waals surface area contributed by atoms with Gasteiger partial charge in [0.1, 0.15) is 0 Å². The predicted molar refractivity (Wildman–Crippen MR) is 65.9 cm³/mol. The molecule has 5 nitrogen and oxygen atoms in total. The first kappa shape index (κ1) is 14.2. The van der Waals surface area contributed by atoms with E-state index in [0.717, 1.165) is 5.56 Å². The number of carboxylic acids is 1. The lowest BCUT2D eigenvalue weighted by molar-refractivity contribution is -0.155. The normalized spacial score (nSPS) is 13.6. The number of rotatable bonds is 8. The largest absolute Gasteiger partial charge is 0.479 e. The Balaban J connectivity index is 2.52. The summed E-state index contributed by atoms with van der Waals surface area (Å²) in [5.41, 5.74) is 0.916. The highest BCUT2D eigenvalue weighted by Gasteiger charge is 2.25. The van der Waals surface area contributed by atoms with Crippen molar-refractivity contribution in [2.75, 3.05) is 6.54 Å². The van der Waals surface area contributed by atoms with Crippen molar-refractivity contribution in [1.29, 1.82) is 0 Å². The summed E-state index contributed by atoms with van der Waals surface area (Å²) in [5, 5.41) is 11.5. The minimum Gasteiger partial charge on any atom is -0.479 e. The molecule has 98 valence electrons. The highest BCUT2D eigenvalue weighted by Crippen LogP contribution is 2.11. The fourth-order valence-corrected chi connectivity index (χ4v) is 1.58. The van der Waals surface area contributed by atoms with Gasteiger partial charge in [0.2, 0.25) is 6.41 Å². The van der Waals surface area contributed by atoms with Crippen LogP contribution in [0.5, 0.6) is 0 Å². The predicted octanol–water partition coefficient (Wildman–Crippen LogP) is 1.04. The zero-order chi connectivity index (χ0) is 13.4. The third-order valence-electron chi connectivity index (χ3n) is 2.56. The van der Waals surface area contributed by atoms with Gasteiger partial charge in [0.05, 0.1) is 6.61 Å². The Morgan fingerprint density at radius 1 is 1.44 bits per heavy atom. The fourth-order valence-electron chi connectivity index (χ4n) is 1.58. The summed E-state index contributed by atoms with van der Waals surface area (Å²) in [6, 6.07) is 9.35. The first-order valence-corrected chi connectivity index (χ1v) is 5.70. The lowest BCUT2D eigenvalue weighted by Crippen LogP contribution is -2.36. The molecule has 0 aromatic heterocycles. The molecule has 1 rings (SSSR count). The number of carbonyl (C=O) groups excluding carboxylic acids is 1. The van der Waals surface area contributed by atoms with Crippen molar-refractivity contribution in [3.05, 3.63) is 35.9 Å². The van der Waals surface area contributed by atoms with E-state index < -0.39 is 12.1 Å². The third-order valence-corrected chi connectivity index (χ3v) is 2.56. The molecule has 2 unspecified atom stereocenters. The zero-order valence-corrected chi connectivity index (χ0v) is 10.2. The van der Waals surface area contributed by atoms with Crippen LogP contribution < -0.4 is 5.32 Å². The highest BCUT2D eigenvalue weighted by atomic mass is 16.5. The van der Waals surface area contributed by atoms with Crippen LogP contribution in [0.2, 0.25) is 0 Å². The molecule has 2 atom stereocenters. The maximum Gasteiger partial charge on any atom is 0.333 e. The molecule has 0 spiro atoms. The van der Waals surface area contributed by atoms with Gasteiger partial charge in [-0.1, -0.05) is 37.3 Å². The Labute approximate surface area is 106 Å². The van der Waals surface area contributed by atoms with Crippen molar-refractivity contribution >= 4 is 12.4 Å². The Bertz CT molecular complexity index is 380. The molecule has 0 saturated carbocycles. The molecule has 0 saturated heterocycles. The van der Waals surface area contributed by atoms with Crippen LogP contribution in [0.1, 0.15) is 12.5 Å². The molecule has 0 fully saturated rings. The molecule has 1 aromatic carbocycles. The maximum atomic E-state index is 11.1. The second kappa shape index (κ2) is 7.45. The number of benzene rings is 1. The van der Waals surface area contributed by atoms with E-state index in [1.807, 2.05) is 30.3 Å². The van der Waals surface area contributed by atoms with E-state index in [0.29, 0.717) is 6.41 Å². The van der Waals surface area contributed by atoms with Crippen molar-refractivity contribution in [2.24, 2.45) is 5.92 Å². The lowest BCUT2D eigenvalue weighted by Gasteiger charge is -2.20. The summed E-state index contributed by atoms with van der Waals surface area (Å²) in [6.45, 7) is 2.23. The Morgan fingerprint density at radius 2 is 2.11 bits per heavy atom. The second-order valence-electron chi connectivity index (χ2n) is 4.06. The molecular formula is C13H17NO4. The molecule has 1 aromatic rings. The third kappa shape index (κ3) is 4.55. The van der Waals surface area contributed by atoms with Gasteiger partial charge in [0.25, 0.3) is 0 Å². The van der Waals surface area contributed by atoms with E-state index in [2.05, 4.69) is 5.32 Å². The summed E-state index contributed by atoms with van der Waals surface area (Å²) < 4.78 is 5.39. The smallest absolute Gasteiger partial charge is 0.333 e. The molecule has 0 radical (unpaired) electrons. The maximum absolute atomic E-state index is 11.1. The van der Waals surface area contributed by atoms with E-state index in [4.69, 9.17) is 9.84 Å². The molecule has 5 heteroatoms. The lowest BCUT2D eigenvalue weighted by atomic mass is 10.1. The van der Waals surface area contributed by atoms with Crippen LogP contribution in [-0.2, 0) is 20.9 Å². The molecule has 2 N–H and O–H groups in total. The van der Waals surface area contributed by atoms with Gasteiger partial charge in [-0.15, -0.1) is 0 Å². The van der Waals surface area contributed by atoms with Crippen LogP contribution in [0, 0.1) is 5.92 Å². The van der Waals surface area contributed by atoms with Gasteiger partial charge in [0, 0.05) is 12.5 Å². The monoisotopic (exact) mass is 251 g/mol. The van der Waals surface area contributed by atoms with Crippen molar-refractivity contribution in [3.8, 4) is 0 Å². The van der Waals surface area contributed by atoms with Crippen LogP contribution in [0.4, 0.5) is 0 Å². The number of carboxylic acid groups (broad SMARTS) is 1. The SMILES string of the molecule is CC(CNC=O)C(OCc1ccccc1)C(=O)O. The van der Waals surface area contributed by atoms with Crippen LogP contribution in [-0.4, -0.2) is 30.1 Å².